The Bertz CT molecular complexity index is 562. The third-order valence-corrected chi connectivity index (χ3v) is 5.68. The highest BCUT2D eigenvalue weighted by Gasteiger charge is 2.22. The maximum atomic E-state index is 6.13. The van der Waals surface area contributed by atoms with E-state index in [1.165, 1.54) is 35.4 Å². The lowest BCUT2D eigenvalue weighted by atomic mass is 9.94. The minimum atomic E-state index is 0.479. The van der Waals surface area contributed by atoms with Crippen molar-refractivity contribution in [3.63, 3.8) is 0 Å². The summed E-state index contributed by atoms with van der Waals surface area (Å²) in [5.41, 5.74) is 2.63. The molecule has 1 aliphatic carbocycles. The molecule has 1 N–H and O–H groups in total. The van der Waals surface area contributed by atoms with E-state index in [4.69, 9.17) is 11.6 Å². The molecular weight excluding hydrogens is 296 g/mol. The lowest BCUT2D eigenvalue weighted by Gasteiger charge is -2.23. The predicted octanol–water partition coefficient (Wildman–Crippen LogP) is 4.38. The van der Waals surface area contributed by atoms with Gasteiger partial charge in [0.2, 0.25) is 0 Å². The molecule has 1 unspecified atom stereocenters. The molecule has 0 saturated heterocycles. The number of hydrogen-bond acceptors (Lipinski definition) is 4. The highest BCUT2D eigenvalue weighted by Crippen LogP contribution is 2.37. The second-order valence-corrected chi connectivity index (χ2v) is 7.77. The van der Waals surface area contributed by atoms with Crippen LogP contribution in [-0.2, 0) is 12.8 Å². The number of thiazole rings is 1. The third kappa shape index (κ3) is 3.19. The van der Waals surface area contributed by atoms with Gasteiger partial charge < -0.3 is 5.32 Å². The second kappa shape index (κ2) is 5.92. The lowest BCUT2D eigenvalue weighted by molar-refractivity contribution is 0.466. The fourth-order valence-corrected chi connectivity index (χ4v) is 4.66. The molecule has 102 valence electrons. The van der Waals surface area contributed by atoms with E-state index in [1.807, 2.05) is 0 Å². The number of nitrogens with one attached hydrogen (secondary N) is 1. The van der Waals surface area contributed by atoms with Gasteiger partial charge in [0, 0.05) is 29.3 Å². The van der Waals surface area contributed by atoms with Gasteiger partial charge in [0.05, 0.1) is 15.0 Å². The summed E-state index contributed by atoms with van der Waals surface area (Å²) in [5.74, 6) is 0. The number of halogens is 1. The summed E-state index contributed by atoms with van der Waals surface area (Å²) in [5, 5.41) is 6.97. The van der Waals surface area contributed by atoms with Crippen molar-refractivity contribution >= 4 is 34.3 Å². The maximum absolute atomic E-state index is 6.13. The van der Waals surface area contributed by atoms with E-state index in [2.05, 4.69) is 28.7 Å². The molecule has 0 radical (unpaired) electrons. The van der Waals surface area contributed by atoms with Gasteiger partial charge in [-0.3, -0.25) is 0 Å². The van der Waals surface area contributed by atoms with E-state index in [0.29, 0.717) is 6.04 Å². The Morgan fingerprint density at radius 3 is 3.21 bits per heavy atom. The van der Waals surface area contributed by atoms with Gasteiger partial charge in [0.1, 0.15) is 0 Å². The summed E-state index contributed by atoms with van der Waals surface area (Å²) in [6.45, 7) is 3.04. The molecule has 0 saturated carbocycles. The Morgan fingerprint density at radius 2 is 2.42 bits per heavy atom. The highest BCUT2D eigenvalue weighted by molar-refractivity contribution is 7.16. The minimum absolute atomic E-state index is 0.479. The highest BCUT2D eigenvalue weighted by atomic mass is 35.5. The van der Waals surface area contributed by atoms with Crippen LogP contribution in [0.2, 0.25) is 4.34 Å². The predicted molar refractivity (Wildman–Crippen MR) is 83.6 cm³/mol. The van der Waals surface area contributed by atoms with Crippen LogP contribution in [-0.4, -0.2) is 11.5 Å². The number of aromatic nitrogens is 1. The van der Waals surface area contributed by atoms with Gasteiger partial charge in [-0.25, -0.2) is 4.98 Å². The molecule has 1 aliphatic rings. The molecule has 2 aromatic rings. The zero-order valence-corrected chi connectivity index (χ0v) is 13.3. The monoisotopic (exact) mass is 312 g/mol. The largest absolute Gasteiger partial charge is 0.310 e. The van der Waals surface area contributed by atoms with Gasteiger partial charge in [-0.05, 0) is 37.8 Å². The molecule has 5 heteroatoms. The van der Waals surface area contributed by atoms with Gasteiger partial charge in [0.25, 0.3) is 0 Å². The van der Waals surface area contributed by atoms with Crippen molar-refractivity contribution < 1.29 is 0 Å². The molecule has 0 aromatic carbocycles. The zero-order chi connectivity index (χ0) is 13.2. The molecule has 19 heavy (non-hydrogen) atoms. The average Bonchev–Trinajstić information content (AvgIpc) is 2.95. The van der Waals surface area contributed by atoms with Gasteiger partial charge in [-0.2, -0.15) is 0 Å². The van der Waals surface area contributed by atoms with Crippen LogP contribution in [0.15, 0.2) is 11.4 Å². The van der Waals surface area contributed by atoms with Crippen LogP contribution in [0.5, 0.6) is 0 Å². The van der Waals surface area contributed by atoms with E-state index in [9.17, 15) is 0 Å². The van der Waals surface area contributed by atoms with E-state index < -0.39 is 0 Å². The van der Waals surface area contributed by atoms with Gasteiger partial charge in [-0.15, -0.1) is 22.7 Å². The fraction of sp³-hybridized carbons (Fsp3) is 0.500. The zero-order valence-electron chi connectivity index (χ0n) is 10.9. The maximum Gasteiger partial charge on any atom is 0.0934 e. The van der Waals surface area contributed by atoms with Crippen LogP contribution >= 0.6 is 34.3 Å². The number of aryl methyl sites for hydroxylation is 2. The summed E-state index contributed by atoms with van der Waals surface area (Å²) in [6, 6.07) is 2.62. The minimum Gasteiger partial charge on any atom is -0.310 e. The fourth-order valence-electron chi connectivity index (χ4n) is 2.63. The van der Waals surface area contributed by atoms with Crippen LogP contribution in [0, 0.1) is 6.92 Å². The van der Waals surface area contributed by atoms with E-state index >= 15 is 0 Å². The van der Waals surface area contributed by atoms with Crippen molar-refractivity contribution in [2.24, 2.45) is 0 Å². The Kier molecular flexibility index (Phi) is 4.22. The summed E-state index contributed by atoms with van der Waals surface area (Å²) in [6.07, 6.45) is 4.68. The van der Waals surface area contributed by atoms with E-state index in [0.717, 1.165) is 22.3 Å². The molecule has 0 spiro atoms. The Hall–Kier alpha value is -0.420. The van der Waals surface area contributed by atoms with Crippen LogP contribution < -0.4 is 5.32 Å². The van der Waals surface area contributed by atoms with Gasteiger partial charge in [-0.1, -0.05) is 11.6 Å². The quantitative estimate of drug-likeness (QED) is 0.906. The molecule has 0 fully saturated rings. The summed E-state index contributed by atoms with van der Waals surface area (Å²) in [7, 11) is 0. The molecule has 2 nitrogen and oxygen atoms in total. The van der Waals surface area contributed by atoms with Crippen molar-refractivity contribution in [2.75, 3.05) is 6.54 Å². The molecule has 3 rings (SSSR count). The lowest BCUT2D eigenvalue weighted by Crippen LogP contribution is -2.26. The smallest absolute Gasteiger partial charge is 0.0934 e. The Balaban J connectivity index is 1.59. The van der Waals surface area contributed by atoms with E-state index in [-0.39, 0.29) is 0 Å². The summed E-state index contributed by atoms with van der Waals surface area (Å²) in [4.78, 5) is 5.97. The molecule has 1 atom stereocenters. The van der Waals surface area contributed by atoms with Crippen molar-refractivity contribution in [3.05, 3.63) is 36.9 Å². The van der Waals surface area contributed by atoms with Crippen molar-refractivity contribution in [1.29, 1.82) is 0 Å². The molecule has 0 aliphatic heterocycles. The van der Waals surface area contributed by atoms with E-state index in [1.54, 1.807) is 22.7 Å². The topological polar surface area (TPSA) is 24.9 Å². The normalized spacial score (nSPS) is 18.5. The van der Waals surface area contributed by atoms with Crippen LogP contribution in [0.25, 0.3) is 0 Å². The standard InChI is InChI=1S/C14H17ClN2S2/c1-9-17-10(8-18-9)5-6-16-12-3-2-4-13-11(12)7-14(15)19-13/h7-8,12,16H,2-6H2,1H3. The van der Waals surface area contributed by atoms with Crippen molar-refractivity contribution in [2.45, 2.75) is 38.6 Å². The first-order chi connectivity index (χ1) is 9.22. The number of thiophene rings is 1. The first kappa shape index (κ1) is 13.6. The van der Waals surface area contributed by atoms with Crippen LogP contribution in [0.3, 0.4) is 0 Å². The van der Waals surface area contributed by atoms with Crippen LogP contribution in [0.4, 0.5) is 0 Å². The van der Waals surface area contributed by atoms with Crippen LogP contribution in [0.1, 0.15) is 40.0 Å². The number of rotatable bonds is 4. The average molecular weight is 313 g/mol. The number of nitrogens with zero attached hydrogens (tertiary/aromatic N) is 1. The molecule has 0 bridgehead atoms. The summed E-state index contributed by atoms with van der Waals surface area (Å²) < 4.78 is 0.925. The summed E-state index contributed by atoms with van der Waals surface area (Å²) >= 11 is 9.60. The van der Waals surface area contributed by atoms with Gasteiger partial charge >= 0.3 is 0 Å². The Morgan fingerprint density at radius 1 is 1.53 bits per heavy atom. The first-order valence-electron chi connectivity index (χ1n) is 6.65. The third-order valence-electron chi connectivity index (χ3n) is 3.52. The molecule has 2 heterocycles. The van der Waals surface area contributed by atoms with Crippen molar-refractivity contribution in [1.82, 2.24) is 10.3 Å². The molecule has 2 aromatic heterocycles. The second-order valence-electron chi connectivity index (χ2n) is 4.94. The Labute approximate surface area is 126 Å². The number of fused-ring (bicyclic) bond motifs is 1. The van der Waals surface area contributed by atoms with Crippen molar-refractivity contribution in [3.8, 4) is 0 Å². The first-order valence-corrected chi connectivity index (χ1v) is 8.72. The SMILES string of the molecule is Cc1nc(CCNC2CCCc3sc(Cl)cc32)cs1. The molecular formula is C14H17ClN2S2. The van der Waals surface area contributed by atoms with Gasteiger partial charge in [0.15, 0.2) is 0 Å². The molecule has 0 amide bonds. The number of hydrogen-bond donors (Lipinski definition) is 1.